The van der Waals surface area contributed by atoms with Crippen molar-refractivity contribution in [3.63, 3.8) is 0 Å². The summed E-state index contributed by atoms with van der Waals surface area (Å²) in [4.78, 5) is 24.6. The molecular weight excluding hydrogens is 947 g/mol. The van der Waals surface area contributed by atoms with Crippen LogP contribution in [0.5, 0.6) is 0 Å². The maximum atomic E-state index is 12.6. The summed E-state index contributed by atoms with van der Waals surface area (Å²) >= 11 is 0. The lowest BCUT2D eigenvalue weighted by Crippen LogP contribution is -2.45. The Bertz CT molecular complexity index is 1120. The minimum atomic E-state index is -0.664. The Kier molecular flexibility index (Phi) is 66.4. The van der Waals surface area contributed by atoms with Crippen molar-refractivity contribution in [3.05, 3.63) is 0 Å². The highest BCUT2D eigenvalue weighted by Gasteiger charge is 2.20. The monoisotopic (exact) mass is 1090 g/mol. The number of rotatable bonds is 68. The third kappa shape index (κ3) is 63.9. The van der Waals surface area contributed by atoms with Gasteiger partial charge in [-0.1, -0.05) is 380 Å². The number of ether oxygens (including phenoxy) is 1. The molecule has 0 spiro atoms. The minimum Gasteiger partial charge on any atom is -0.466 e. The van der Waals surface area contributed by atoms with Gasteiger partial charge < -0.3 is 20.3 Å². The van der Waals surface area contributed by atoms with E-state index in [0.29, 0.717) is 25.9 Å². The predicted molar refractivity (Wildman–Crippen MR) is 338 cm³/mol. The third-order valence-electron chi connectivity index (χ3n) is 17.2. The van der Waals surface area contributed by atoms with E-state index in [2.05, 4.69) is 19.2 Å². The highest BCUT2D eigenvalue weighted by atomic mass is 16.5. The molecule has 0 aliphatic carbocycles. The quantitative estimate of drug-likeness (QED) is 0.0417. The summed E-state index contributed by atoms with van der Waals surface area (Å²) in [6.45, 7) is 5.00. The van der Waals surface area contributed by atoms with Crippen LogP contribution < -0.4 is 5.32 Å². The zero-order valence-corrected chi connectivity index (χ0v) is 52.7. The van der Waals surface area contributed by atoms with Gasteiger partial charge in [-0.2, -0.15) is 0 Å². The number of hydrogen-bond donors (Lipinski definition) is 3. The first-order valence-corrected chi connectivity index (χ1v) is 35.8. The lowest BCUT2D eigenvalue weighted by atomic mass is 10.0. The fourth-order valence-corrected chi connectivity index (χ4v) is 11.7. The fraction of sp³-hybridized carbons (Fsp3) is 0.972. The van der Waals surface area contributed by atoms with E-state index < -0.39 is 12.1 Å². The summed E-state index contributed by atoms with van der Waals surface area (Å²) in [6.07, 6.45) is 81.5. The van der Waals surface area contributed by atoms with E-state index >= 15 is 0 Å². The molecule has 6 heteroatoms. The van der Waals surface area contributed by atoms with Gasteiger partial charge in [-0.05, 0) is 25.7 Å². The topological polar surface area (TPSA) is 95.9 Å². The maximum absolute atomic E-state index is 12.6. The van der Waals surface area contributed by atoms with Gasteiger partial charge in [-0.25, -0.2) is 0 Å². The third-order valence-corrected chi connectivity index (χ3v) is 17.2. The zero-order chi connectivity index (χ0) is 55.7. The van der Waals surface area contributed by atoms with Gasteiger partial charge in [0.15, 0.2) is 0 Å². The average molecular weight is 1090 g/mol. The Labute approximate surface area is 483 Å². The summed E-state index contributed by atoms with van der Waals surface area (Å²) in [6, 6.07) is -0.541. The van der Waals surface area contributed by atoms with E-state index in [4.69, 9.17) is 4.74 Å². The molecule has 0 bridgehead atoms. The smallest absolute Gasteiger partial charge is 0.305 e. The van der Waals surface area contributed by atoms with E-state index in [9.17, 15) is 19.8 Å². The van der Waals surface area contributed by atoms with Crippen molar-refractivity contribution in [1.82, 2.24) is 5.32 Å². The lowest BCUT2D eigenvalue weighted by molar-refractivity contribution is -0.143. The summed E-state index contributed by atoms with van der Waals surface area (Å²) in [5.74, 6) is -0.0111. The first-order valence-electron chi connectivity index (χ1n) is 35.8. The summed E-state index contributed by atoms with van der Waals surface area (Å²) in [5.41, 5.74) is 0. The van der Waals surface area contributed by atoms with E-state index in [1.807, 2.05) is 0 Å². The zero-order valence-electron chi connectivity index (χ0n) is 52.7. The van der Waals surface area contributed by atoms with Crippen LogP contribution in [-0.4, -0.2) is 47.4 Å². The number of esters is 1. The number of amides is 1. The maximum Gasteiger partial charge on any atom is 0.305 e. The van der Waals surface area contributed by atoms with Gasteiger partial charge >= 0.3 is 5.97 Å². The molecule has 0 fully saturated rings. The normalized spacial score (nSPS) is 12.4. The molecule has 0 radical (unpaired) electrons. The molecule has 3 N–H and O–H groups in total. The molecule has 2 atom stereocenters. The molecule has 6 nitrogen and oxygen atoms in total. The van der Waals surface area contributed by atoms with Gasteiger partial charge in [-0.15, -0.1) is 0 Å². The van der Waals surface area contributed by atoms with Crippen molar-refractivity contribution >= 4 is 11.9 Å². The minimum absolute atomic E-state index is 0.0166. The fourth-order valence-electron chi connectivity index (χ4n) is 11.7. The molecule has 0 aliphatic rings. The summed E-state index contributed by atoms with van der Waals surface area (Å²) < 4.78 is 5.48. The number of nitrogens with one attached hydrogen (secondary N) is 1. The summed E-state index contributed by atoms with van der Waals surface area (Å²) in [7, 11) is 0. The Balaban J connectivity index is 3.36. The van der Waals surface area contributed by atoms with Crippen molar-refractivity contribution in [2.45, 2.75) is 431 Å². The average Bonchev–Trinajstić information content (AvgIpc) is 3.43. The van der Waals surface area contributed by atoms with Crippen LogP contribution in [0.1, 0.15) is 418 Å². The van der Waals surface area contributed by atoms with Gasteiger partial charge in [0.25, 0.3) is 0 Å². The molecule has 0 aromatic heterocycles. The number of carbonyl (C=O) groups is 2. The SMILES string of the molecule is CCCCCCCCCCCCCCCCCCCCCCCCCCCC(O)C(CO)NC(=O)CCCCCCCCCCCCCCCCCCCCCCCCCCOC(=O)CCCCCCCCCCCCC. The van der Waals surface area contributed by atoms with Gasteiger partial charge in [0.2, 0.25) is 5.91 Å². The molecule has 0 aromatic carbocycles. The largest absolute Gasteiger partial charge is 0.466 e. The van der Waals surface area contributed by atoms with Gasteiger partial charge in [0, 0.05) is 12.8 Å². The second kappa shape index (κ2) is 67.4. The van der Waals surface area contributed by atoms with Gasteiger partial charge in [-0.3, -0.25) is 9.59 Å². The van der Waals surface area contributed by atoms with E-state index in [0.717, 1.165) is 38.5 Å². The molecule has 460 valence electrons. The number of hydrogen-bond acceptors (Lipinski definition) is 5. The Morgan fingerprint density at radius 1 is 0.312 bits per heavy atom. The molecule has 0 aromatic rings. The van der Waals surface area contributed by atoms with Crippen LogP contribution in [0.3, 0.4) is 0 Å². The second-order valence-corrected chi connectivity index (χ2v) is 24.9. The highest BCUT2D eigenvalue weighted by Crippen LogP contribution is 2.20. The Hall–Kier alpha value is -1.14. The van der Waals surface area contributed by atoms with Crippen LogP contribution in [0, 0.1) is 0 Å². The number of carbonyl (C=O) groups excluding carboxylic acids is 2. The highest BCUT2D eigenvalue weighted by molar-refractivity contribution is 5.76. The van der Waals surface area contributed by atoms with Crippen LogP contribution in [0.4, 0.5) is 0 Å². The van der Waals surface area contributed by atoms with Crippen molar-refractivity contribution in [2.24, 2.45) is 0 Å². The first kappa shape index (κ1) is 75.9. The molecule has 1 amide bonds. The molecule has 2 unspecified atom stereocenters. The molecule has 0 saturated carbocycles. The van der Waals surface area contributed by atoms with Crippen molar-refractivity contribution in [2.75, 3.05) is 13.2 Å². The summed E-state index contributed by atoms with van der Waals surface area (Å²) in [5, 5.41) is 23.5. The molecule has 77 heavy (non-hydrogen) atoms. The first-order chi connectivity index (χ1) is 38.0. The van der Waals surface area contributed by atoms with E-state index in [1.54, 1.807) is 0 Å². The molecule has 0 rings (SSSR count). The standard InChI is InChI=1S/C71H141NO5/c1-3-5-7-9-11-13-15-16-17-18-19-20-21-22-25-28-31-34-37-40-44-47-51-55-59-63-69(74)68(67-73)72-70(75)64-60-56-52-48-45-41-38-35-32-29-26-23-24-27-30-33-36-39-42-46-50-54-58-62-66-77-71(76)65-61-57-53-49-43-14-12-10-8-6-4-2/h68-69,73-74H,3-67H2,1-2H3,(H,72,75). The second-order valence-electron chi connectivity index (χ2n) is 24.9. The van der Waals surface area contributed by atoms with Crippen molar-refractivity contribution in [3.8, 4) is 0 Å². The van der Waals surface area contributed by atoms with Gasteiger partial charge in [0.1, 0.15) is 0 Å². The van der Waals surface area contributed by atoms with Crippen molar-refractivity contribution < 1.29 is 24.5 Å². The molecule has 0 heterocycles. The predicted octanol–water partition coefficient (Wildman–Crippen LogP) is 23.0. The van der Waals surface area contributed by atoms with E-state index in [-0.39, 0.29) is 18.5 Å². The van der Waals surface area contributed by atoms with Crippen LogP contribution in [0.15, 0.2) is 0 Å². The Morgan fingerprint density at radius 2 is 0.532 bits per heavy atom. The van der Waals surface area contributed by atoms with Crippen LogP contribution in [0.2, 0.25) is 0 Å². The lowest BCUT2D eigenvalue weighted by Gasteiger charge is -2.22. The van der Waals surface area contributed by atoms with E-state index in [1.165, 1.54) is 347 Å². The number of unbranched alkanes of at least 4 members (excludes halogenated alkanes) is 57. The molecule has 0 saturated heterocycles. The van der Waals surface area contributed by atoms with Gasteiger partial charge in [0.05, 0.1) is 25.4 Å². The van der Waals surface area contributed by atoms with Crippen molar-refractivity contribution in [1.29, 1.82) is 0 Å². The van der Waals surface area contributed by atoms with Crippen LogP contribution in [-0.2, 0) is 14.3 Å². The van der Waals surface area contributed by atoms with Crippen LogP contribution in [0.25, 0.3) is 0 Å². The Morgan fingerprint density at radius 3 is 0.792 bits per heavy atom. The van der Waals surface area contributed by atoms with Crippen LogP contribution >= 0.6 is 0 Å². The molecular formula is C71H141NO5. The molecule has 0 aliphatic heterocycles. The number of aliphatic hydroxyl groups is 2. The number of aliphatic hydroxyl groups excluding tert-OH is 2.